The van der Waals surface area contributed by atoms with Crippen molar-refractivity contribution in [1.29, 1.82) is 5.26 Å². The van der Waals surface area contributed by atoms with Gasteiger partial charge in [-0.2, -0.15) is 17.0 Å². The first-order valence-corrected chi connectivity index (χ1v) is 9.48. The summed E-state index contributed by atoms with van der Waals surface area (Å²) in [5, 5.41) is 9.43. The van der Waals surface area contributed by atoms with E-state index in [-0.39, 0.29) is 11.8 Å². The third-order valence-corrected chi connectivity index (χ3v) is 5.01. The molecule has 0 amide bonds. The van der Waals surface area contributed by atoms with Crippen molar-refractivity contribution in [3.05, 3.63) is 34.3 Å². The fourth-order valence-electron chi connectivity index (χ4n) is 1.69. The Balaban J connectivity index is 2.79. The lowest BCUT2D eigenvalue weighted by atomic mass is 10.1. The summed E-state index contributed by atoms with van der Waals surface area (Å²) >= 11 is 7.46. The fraction of sp³-hybridized carbons (Fsp3) is 0.462. The van der Waals surface area contributed by atoms with Gasteiger partial charge < -0.3 is 0 Å². The van der Waals surface area contributed by atoms with E-state index < -0.39 is 10.0 Å². The number of nitrogens with one attached hydrogen (secondary N) is 1. The van der Waals surface area contributed by atoms with Crippen molar-refractivity contribution in [2.75, 3.05) is 12.0 Å². The number of thioether (sulfide) groups is 1. The number of rotatable bonds is 7. The summed E-state index contributed by atoms with van der Waals surface area (Å²) in [6.45, 7) is 1.83. The van der Waals surface area contributed by atoms with Gasteiger partial charge in [-0.25, -0.2) is 13.1 Å². The number of sulfonamides is 1. The number of nitrogens with zero attached hydrogens (tertiary/aromatic N) is 1. The van der Waals surface area contributed by atoms with Crippen LogP contribution in [0.15, 0.2) is 18.2 Å². The molecule has 20 heavy (non-hydrogen) atoms. The molecule has 0 fully saturated rings. The molecule has 0 heterocycles. The van der Waals surface area contributed by atoms with Gasteiger partial charge in [-0.15, -0.1) is 0 Å². The third kappa shape index (κ3) is 5.71. The Labute approximate surface area is 129 Å². The maximum absolute atomic E-state index is 12.1. The van der Waals surface area contributed by atoms with Crippen molar-refractivity contribution in [1.82, 2.24) is 4.72 Å². The first-order valence-electron chi connectivity index (χ1n) is 6.05. The monoisotopic (exact) mass is 332 g/mol. The summed E-state index contributed by atoms with van der Waals surface area (Å²) in [7, 11) is -3.46. The average molecular weight is 333 g/mol. The lowest BCUT2D eigenvalue weighted by molar-refractivity contribution is 0.556. The van der Waals surface area contributed by atoms with E-state index in [2.05, 4.69) is 4.72 Å². The van der Waals surface area contributed by atoms with Gasteiger partial charge in [0.1, 0.15) is 0 Å². The molecule has 4 nitrogen and oxygen atoms in total. The zero-order chi connectivity index (χ0) is 15.2. The second-order valence-electron chi connectivity index (χ2n) is 4.47. The van der Waals surface area contributed by atoms with E-state index in [1.165, 1.54) is 6.07 Å². The lowest BCUT2D eigenvalue weighted by Crippen LogP contribution is -2.34. The summed E-state index contributed by atoms with van der Waals surface area (Å²) in [5.41, 5.74) is 0.751. The minimum atomic E-state index is -3.46. The molecule has 0 spiro atoms. The van der Waals surface area contributed by atoms with Gasteiger partial charge in [-0.3, -0.25) is 0 Å². The van der Waals surface area contributed by atoms with Crippen LogP contribution >= 0.6 is 23.4 Å². The van der Waals surface area contributed by atoms with Gasteiger partial charge >= 0.3 is 0 Å². The van der Waals surface area contributed by atoms with Crippen LogP contribution in [-0.4, -0.2) is 26.5 Å². The van der Waals surface area contributed by atoms with E-state index in [4.69, 9.17) is 16.9 Å². The van der Waals surface area contributed by atoms with Crippen molar-refractivity contribution in [3.8, 4) is 6.07 Å². The molecule has 0 aliphatic rings. The summed E-state index contributed by atoms with van der Waals surface area (Å²) in [6, 6.07) is 6.49. The molecule has 7 heteroatoms. The van der Waals surface area contributed by atoms with E-state index in [9.17, 15) is 8.42 Å². The van der Waals surface area contributed by atoms with Crippen molar-refractivity contribution in [3.63, 3.8) is 0 Å². The van der Waals surface area contributed by atoms with E-state index in [1.807, 2.05) is 19.2 Å². The second-order valence-corrected chi connectivity index (χ2v) is 7.65. The summed E-state index contributed by atoms with van der Waals surface area (Å²) in [4.78, 5) is 0. The minimum absolute atomic E-state index is 0.120. The largest absolute Gasteiger partial charge is 0.216 e. The van der Waals surface area contributed by atoms with Crippen LogP contribution in [-0.2, 0) is 15.8 Å². The number of hydrogen-bond acceptors (Lipinski definition) is 4. The summed E-state index contributed by atoms with van der Waals surface area (Å²) < 4.78 is 26.8. The molecule has 1 unspecified atom stereocenters. The van der Waals surface area contributed by atoms with Gasteiger partial charge in [0, 0.05) is 11.1 Å². The number of benzene rings is 1. The standard InChI is InChI=1S/C13H17ClN2O2S2/c1-10(5-6-19-2)16-20(17,18)9-11-3-4-13(14)7-12(11)8-15/h3-4,7,10,16H,5-6,9H2,1-2H3. The lowest BCUT2D eigenvalue weighted by Gasteiger charge is -2.14. The van der Waals surface area contributed by atoms with Gasteiger partial charge in [0.15, 0.2) is 0 Å². The third-order valence-electron chi connectivity index (χ3n) is 2.67. The molecule has 0 aliphatic carbocycles. The predicted octanol–water partition coefficient (Wildman–Crippen LogP) is 2.77. The molecule has 0 radical (unpaired) electrons. The van der Waals surface area contributed by atoms with Crippen LogP contribution in [0.5, 0.6) is 0 Å². The molecule has 110 valence electrons. The van der Waals surface area contributed by atoms with Crippen LogP contribution in [0.2, 0.25) is 5.02 Å². The first kappa shape index (κ1) is 17.3. The smallest absolute Gasteiger partial charge is 0.212 e. The molecule has 1 aromatic carbocycles. The molecule has 1 atom stereocenters. The molecule has 1 N–H and O–H groups in total. The summed E-state index contributed by atoms with van der Waals surface area (Å²) in [6.07, 6.45) is 2.75. The Kier molecular flexibility index (Phi) is 6.83. The van der Waals surface area contributed by atoms with Gasteiger partial charge in [-0.1, -0.05) is 17.7 Å². The minimum Gasteiger partial charge on any atom is -0.212 e. The quantitative estimate of drug-likeness (QED) is 0.833. The first-order chi connectivity index (χ1) is 9.38. The van der Waals surface area contributed by atoms with Crippen molar-refractivity contribution in [2.45, 2.75) is 25.1 Å². The molecule has 0 bridgehead atoms. The molecular formula is C13H17ClN2O2S2. The number of halogens is 1. The Morgan fingerprint density at radius 1 is 1.50 bits per heavy atom. The van der Waals surface area contributed by atoms with Gasteiger partial charge in [0.25, 0.3) is 0 Å². The normalized spacial score (nSPS) is 12.9. The van der Waals surface area contributed by atoms with Crippen LogP contribution in [0.4, 0.5) is 0 Å². The topological polar surface area (TPSA) is 70.0 Å². The van der Waals surface area contributed by atoms with Crippen molar-refractivity contribution < 1.29 is 8.42 Å². The fourth-order valence-corrected chi connectivity index (χ4v) is 3.92. The highest BCUT2D eigenvalue weighted by Gasteiger charge is 2.17. The summed E-state index contributed by atoms with van der Waals surface area (Å²) in [5.74, 6) is 0.685. The van der Waals surface area contributed by atoms with E-state index >= 15 is 0 Å². The Morgan fingerprint density at radius 3 is 2.80 bits per heavy atom. The Hall–Kier alpha value is -0.740. The molecule has 0 saturated heterocycles. The van der Waals surface area contributed by atoms with Gasteiger partial charge in [0.05, 0.1) is 17.4 Å². The maximum atomic E-state index is 12.1. The predicted molar refractivity (Wildman–Crippen MR) is 84.4 cm³/mol. The second kappa shape index (κ2) is 7.89. The molecular weight excluding hydrogens is 316 g/mol. The molecule has 0 aliphatic heterocycles. The maximum Gasteiger partial charge on any atom is 0.216 e. The zero-order valence-corrected chi connectivity index (χ0v) is 13.8. The SMILES string of the molecule is CSCCC(C)NS(=O)(=O)Cc1ccc(Cl)cc1C#N. The van der Waals surface area contributed by atoms with E-state index in [0.29, 0.717) is 16.1 Å². The highest BCUT2D eigenvalue weighted by molar-refractivity contribution is 7.98. The van der Waals surface area contributed by atoms with Crippen LogP contribution in [0, 0.1) is 11.3 Å². The van der Waals surface area contributed by atoms with Crippen LogP contribution in [0.3, 0.4) is 0 Å². The number of nitriles is 1. The highest BCUT2D eigenvalue weighted by atomic mass is 35.5. The average Bonchev–Trinajstić information content (AvgIpc) is 2.37. The zero-order valence-electron chi connectivity index (χ0n) is 11.4. The van der Waals surface area contributed by atoms with Crippen molar-refractivity contribution in [2.24, 2.45) is 0 Å². The van der Waals surface area contributed by atoms with Crippen LogP contribution in [0.1, 0.15) is 24.5 Å². The van der Waals surface area contributed by atoms with Gasteiger partial charge in [-0.05, 0) is 43.0 Å². The molecule has 0 aromatic heterocycles. The number of hydrogen-bond donors (Lipinski definition) is 1. The van der Waals surface area contributed by atoms with Gasteiger partial charge in [0.2, 0.25) is 10.0 Å². The van der Waals surface area contributed by atoms with E-state index in [0.717, 1.165) is 12.2 Å². The van der Waals surface area contributed by atoms with Crippen LogP contribution < -0.4 is 4.72 Å². The highest BCUT2D eigenvalue weighted by Crippen LogP contribution is 2.17. The Bertz CT molecular complexity index is 597. The molecule has 1 aromatic rings. The molecule has 1 rings (SSSR count). The Morgan fingerprint density at radius 2 is 2.20 bits per heavy atom. The molecule has 0 saturated carbocycles. The van der Waals surface area contributed by atoms with Crippen molar-refractivity contribution >= 4 is 33.4 Å². The van der Waals surface area contributed by atoms with Crippen LogP contribution in [0.25, 0.3) is 0 Å². The van der Waals surface area contributed by atoms with E-state index in [1.54, 1.807) is 23.9 Å².